The molecule has 3 aliphatic rings. The van der Waals surface area contributed by atoms with Gasteiger partial charge in [0.15, 0.2) is 0 Å². The zero-order chi connectivity index (χ0) is 30.0. The van der Waals surface area contributed by atoms with Gasteiger partial charge in [-0.1, -0.05) is 48.4 Å². The van der Waals surface area contributed by atoms with Crippen molar-refractivity contribution in [1.82, 2.24) is 9.88 Å². The molecule has 0 spiro atoms. The molecular weight excluding hydrogens is 564 g/mol. The van der Waals surface area contributed by atoms with Crippen LogP contribution < -0.4 is 4.74 Å². The summed E-state index contributed by atoms with van der Waals surface area (Å²) in [5.74, 6) is 1.19. The Labute approximate surface area is 259 Å². The highest BCUT2D eigenvalue weighted by Gasteiger charge is 2.29. The molecule has 3 heterocycles. The molecule has 0 bridgehead atoms. The number of hydrogen-bond acceptors (Lipinski definition) is 7. The van der Waals surface area contributed by atoms with E-state index < -0.39 is 0 Å². The molecule has 1 N–H and O–H groups in total. The molecule has 3 unspecified atom stereocenters. The van der Waals surface area contributed by atoms with E-state index in [0.29, 0.717) is 31.9 Å². The minimum Gasteiger partial charge on any atom is -0.466 e. The lowest BCUT2D eigenvalue weighted by Gasteiger charge is -2.38. The fourth-order valence-corrected chi connectivity index (χ4v) is 5.98. The number of aliphatic hydroxyl groups excluding tert-OH is 1. The Morgan fingerprint density at radius 2 is 2.07 bits per heavy atom. The van der Waals surface area contributed by atoms with Crippen molar-refractivity contribution in [3.05, 3.63) is 100 Å². The average molecular weight is 605 g/mol. The second-order valence-electron chi connectivity index (χ2n) is 11.1. The van der Waals surface area contributed by atoms with Crippen molar-refractivity contribution in [3.8, 4) is 5.88 Å². The van der Waals surface area contributed by atoms with E-state index in [2.05, 4.69) is 34.2 Å². The maximum Gasteiger partial charge on any atom is 0.305 e. The summed E-state index contributed by atoms with van der Waals surface area (Å²) >= 11 is 6.14. The highest BCUT2D eigenvalue weighted by atomic mass is 35.5. The van der Waals surface area contributed by atoms with E-state index in [1.807, 2.05) is 49.4 Å². The third kappa shape index (κ3) is 8.45. The number of ether oxygens (including phenoxy) is 3. The summed E-state index contributed by atoms with van der Waals surface area (Å²) in [7, 11) is 0. The molecule has 3 atom stereocenters. The van der Waals surface area contributed by atoms with Gasteiger partial charge in [0.25, 0.3) is 0 Å². The summed E-state index contributed by atoms with van der Waals surface area (Å²) in [6.07, 6.45) is 16.9. The molecule has 43 heavy (non-hydrogen) atoms. The summed E-state index contributed by atoms with van der Waals surface area (Å²) in [6.45, 7) is 4.53. The van der Waals surface area contributed by atoms with Crippen molar-refractivity contribution < 1.29 is 24.1 Å². The van der Waals surface area contributed by atoms with E-state index >= 15 is 0 Å². The van der Waals surface area contributed by atoms with Crippen molar-refractivity contribution in [3.63, 3.8) is 0 Å². The first-order chi connectivity index (χ1) is 21.0. The van der Waals surface area contributed by atoms with Crippen LogP contribution in [-0.2, 0) is 14.3 Å². The molecule has 8 heteroatoms. The van der Waals surface area contributed by atoms with Gasteiger partial charge < -0.3 is 19.3 Å². The maximum absolute atomic E-state index is 11.6. The highest BCUT2D eigenvalue weighted by Crippen LogP contribution is 2.37. The van der Waals surface area contributed by atoms with Gasteiger partial charge in [0.05, 0.1) is 12.7 Å². The molecule has 0 radical (unpaired) electrons. The van der Waals surface area contributed by atoms with Crippen LogP contribution in [0.4, 0.5) is 0 Å². The summed E-state index contributed by atoms with van der Waals surface area (Å²) in [5.41, 5.74) is 4.16. The van der Waals surface area contributed by atoms with E-state index in [-0.39, 0.29) is 24.2 Å². The van der Waals surface area contributed by atoms with Crippen LogP contribution in [0.5, 0.6) is 5.88 Å². The maximum atomic E-state index is 11.6. The Kier molecular flexibility index (Phi) is 11.2. The molecule has 1 aromatic carbocycles. The van der Waals surface area contributed by atoms with Gasteiger partial charge in [0.2, 0.25) is 5.88 Å². The van der Waals surface area contributed by atoms with Crippen molar-refractivity contribution in [2.75, 3.05) is 26.3 Å². The van der Waals surface area contributed by atoms with Crippen molar-refractivity contribution in [2.24, 2.45) is 0 Å². The van der Waals surface area contributed by atoms with Crippen LogP contribution in [0.3, 0.4) is 0 Å². The molecule has 1 aliphatic carbocycles. The molecule has 5 rings (SSSR count). The standard InChI is InChI=1S/C35H41ClN2O5/c1-2-41-34(40)13-4-3-5-22-42-32-11-6-12-33-30(32)23-26(29-10-7-19-37-35(29)43-33)9-8-20-38-21-18-28(39)24-31(38)25-14-16-27(36)17-15-25/h6-7,9-12,14-17,19,23,28,31-32,39H,2-5,8,13,18,20-22,24H2,1H3. The molecule has 7 nitrogen and oxygen atoms in total. The van der Waals surface area contributed by atoms with Crippen LogP contribution >= 0.6 is 11.6 Å². The van der Waals surface area contributed by atoms with Crippen LogP contribution in [0.2, 0.25) is 5.02 Å². The fraction of sp³-hybridized carbons (Fsp3) is 0.429. The van der Waals surface area contributed by atoms with Crippen molar-refractivity contribution in [1.29, 1.82) is 0 Å². The second kappa shape index (κ2) is 15.5. The van der Waals surface area contributed by atoms with E-state index in [1.54, 1.807) is 6.20 Å². The number of hydrogen-bond donors (Lipinski definition) is 1. The van der Waals surface area contributed by atoms with Crippen LogP contribution in [0.1, 0.15) is 69.0 Å². The predicted molar refractivity (Wildman–Crippen MR) is 169 cm³/mol. The molecule has 228 valence electrons. The molecular formula is C35H41ClN2O5. The summed E-state index contributed by atoms with van der Waals surface area (Å²) in [5, 5.41) is 11.1. The van der Waals surface area contributed by atoms with Gasteiger partial charge in [-0.25, -0.2) is 4.98 Å². The van der Waals surface area contributed by atoms with E-state index in [0.717, 1.165) is 72.7 Å². The Hall–Kier alpha value is -3.23. The first-order valence-corrected chi connectivity index (χ1v) is 15.8. The molecule has 0 amide bonds. The van der Waals surface area contributed by atoms with Gasteiger partial charge >= 0.3 is 5.97 Å². The Balaban J connectivity index is 1.27. The number of benzene rings is 1. The average Bonchev–Trinajstić information content (AvgIpc) is 3.17. The van der Waals surface area contributed by atoms with Gasteiger partial charge in [-0.3, -0.25) is 9.69 Å². The van der Waals surface area contributed by atoms with Crippen LogP contribution in [0.15, 0.2) is 84.3 Å². The van der Waals surface area contributed by atoms with Gasteiger partial charge in [-0.15, -0.1) is 0 Å². The number of aromatic nitrogens is 1. The minimum atomic E-state index is -0.295. The lowest BCUT2D eigenvalue weighted by molar-refractivity contribution is -0.143. The number of rotatable bonds is 12. The third-order valence-corrected chi connectivity index (χ3v) is 8.33. The smallest absolute Gasteiger partial charge is 0.305 e. The number of halogens is 1. The van der Waals surface area contributed by atoms with E-state index in [4.69, 9.17) is 25.8 Å². The molecule has 1 aromatic heterocycles. The van der Waals surface area contributed by atoms with Crippen LogP contribution in [0, 0.1) is 0 Å². The SMILES string of the molecule is CCOC(=O)CCCCCOC1C=CC=C2Oc3ncccc3C(=CCCN3CCC(O)CC3c3ccc(Cl)cc3)C=C21. The van der Waals surface area contributed by atoms with E-state index in [9.17, 15) is 9.90 Å². The zero-order valence-corrected chi connectivity index (χ0v) is 25.5. The first-order valence-electron chi connectivity index (χ1n) is 15.4. The summed E-state index contributed by atoms with van der Waals surface area (Å²) in [4.78, 5) is 18.6. The molecule has 1 saturated heterocycles. The zero-order valence-electron chi connectivity index (χ0n) is 24.8. The molecule has 2 aliphatic heterocycles. The monoisotopic (exact) mass is 604 g/mol. The second-order valence-corrected chi connectivity index (χ2v) is 11.5. The Morgan fingerprint density at radius 3 is 2.91 bits per heavy atom. The first kappa shape index (κ1) is 31.2. The van der Waals surface area contributed by atoms with Gasteiger partial charge in [0, 0.05) is 54.5 Å². The lowest BCUT2D eigenvalue weighted by atomic mass is 9.93. The normalized spacial score (nSPS) is 22.6. The Morgan fingerprint density at radius 1 is 1.21 bits per heavy atom. The number of nitrogens with zero attached hydrogens (tertiary/aromatic N) is 2. The number of pyridine rings is 1. The quantitative estimate of drug-likeness (QED) is 0.207. The minimum absolute atomic E-state index is 0.139. The highest BCUT2D eigenvalue weighted by molar-refractivity contribution is 6.30. The summed E-state index contributed by atoms with van der Waals surface area (Å²) in [6, 6.07) is 12.1. The van der Waals surface area contributed by atoms with Crippen molar-refractivity contribution >= 4 is 23.1 Å². The number of piperidine rings is 1. The fourth-order valence-electron chi connectivity index (χ4n) is 5.86. The van der Waals surface area contributed by atoms with Crippen LogP contribution in [0.25, 0.3) is 5.57 Å². The lowest BCUT2D eigenvalue weighted by Crippen LogP contribution is -2.39. The number of carbonyl (C=O) groups excluding carboxylic acids is 1. The topological polar surface area (TPSA) is 81.1 Å². The molecule has 0 saturated carbocycles. The Bertz CT molecular complexity index is 1370. The van der Waals surface area contributed by atoms with E-state index in [1.165, 1.54) is 5.56 Å². The summed E-state index contributed by atoms with van der Waals surface area (Å²) < 4.78 is 17.6. The van der Waals surface area contributed by atoms with Crippen LogP contribution in [-0.4, -0.2) is 59.5 Å². The number of allylic oxidation sites excluding steroid dienone is 4. The number of likely N-dealkylation sites (tertiary alicyclic amines) is 1. The number of unbranched alkanes of at least 4 members (excludes halogenated alkanes) is 2. The van der Waals surface area contributed by atoms with Crippen molar-refractivity contribution in [2.45, 2.75) is 70.1 Å². The number of esters is 1. The predicted octanol–water partition coefficient (Wildman–Crippen LogP) is 6.99. The number of aliphatic hydroxyl groups is 1. The van der Waals surface area contributed by atoms with Gasteiger partial charge in [-0.2, -0.15) is 0 Å². The molecule has 2 aromatic rings. The number of carbonyl (C=O) groups is 1. The van der Waals surface area contributed by atoms with Gasteiger partial charge in [0.1, 0.15) is 11.9 Å². The largest absolute Gasteiger partial charge is 0.466 e. The molecule has 1 fully saturated rings. The third-order valence-electron chi connectivity index (χ3n) is 8.07. The number of fused-ring (bicyclic) bond motifs is 2. The van der Waals surface area contributed by atoms with Gasteiger partial charge in [-0.05, 0) is 86.6 Å².